The lowest BCUT2D eigenvalue weighted by Gasteiger charge is -2.30. The van der Waals surface area contributed by atoms with Crippen molar-refractivity contribution < 1.29 is 0 Å². The summed E-state index contributed by atoms with van der Waals surface area (Å²) in [6.07, 6.45) is 7.11. The quantitative estimate of drug-likeness (QED) is 0.119. The third-order valence-electron chi connectivity index (χ3n) is 10.4. The molecule has 0 aromatic heterocycles. The van der Waals surface area contributed by atoms with Gasteiger partial charge in [-0.05, 0) is 172 Å². The number of rotatable bonds is 13. The monoisotopic (exact) mass is 684 g/mol. The van der Waals surface area contributed by atoms with Crippen LogP contribution in [-0.4, -0.2) is 0 Å². The van der Waals surface area contributed by atoms with Crippen LogP contribution in [-0.2, 0) is 12.8 Å². The van der Waals surface area contributed by atoms with Crippen LogP contribution in [0.3, 0.4) is 0 Å². The van der Waals surface area contributed by atoms with Crippen LogP contribution < -0.4 is 9.80 Å². The Bertz CT molecular complexity index is 1970. The minimum absolute atomic E-state index is 1.12. The van der Waals surface area contributed by atoms with E-state index in [1.54, 1.807) is 0 Å². The molecule has 0 fully saturated rings. The summed E-state index contributed by atoms with van der Waals surface area (Å²) in [4.78, 5) is 4.86. The maximum atomic E-state index is 2.43. The zero-order valence-corrected chi connectivity index (χ0v) is 32.7. The normalized spacial score (nSPS) is 11.2. The predicted octanol–water partition coefficient (Wildman–Crippen LogP) is 14.8. The van der Waals surface area contributed by atoms with E-state index in [0.717, 1.165) is 12.8 Å². The fourth-order valence-corrected chi connectivity index (χ4v) is 7.49. The summed E-state index contributed by atoms with van der Waals surface area (Å²) in [6.45, 7) is 17.8. The van der Waals surface area contributed by atoms with E-state index in [9.17, 15) is 0 Å². The molecule has 6 rings (SSSR count). The Morgan fingerprint density at radius 1 is 0.365 bits per heavy atom. The van der Waals surface area contributed by atoms with Crippen LogP contribution in [0.4, 0.5) is 34.1 Å². The highest BCUT2D eigenvalue weighted by Gasteiger charge is 2.20. The molecule has 266 valence electrons. The minimum atomic E-state index is 1.12. The molecule has 0 unspecified atom stereocenters. The van der Waals surface area contributed by atoms with Gasteiger partial charge in [0.15, 0.2) is 0 Å². The Labute approximate surface area is 313 Å². The van der Waals surface area contributed by atoms with E-state index in [0.29, 0.717) is 0 Å². The van der Waals surface area contributed by atoms with Crippen molar-refractivity contribution >= 4 is 34.1 Å². The standard InChI is InChI=1S/C50H56N2/c1-9-11-13-41-17-23-45(24-18-41)51(47-27-15-35(3)31-37(47)5)49-29-21-43(33-39(49)7)44-22-30-50(40(8)34-44)52(48-28-16-36(4)32-38(48)6)46-25-19-42(20-26-46)14-12-10-2/h15-34H,9-14H2,1-8H3. The highest BCUT2D eigenvalue weighted by Crippen LogP contribution is 2.42. The van der Waals surface area contributed by atoms with Gasteiger partial charge in [0.2, 0.25) is 0 Å². The topological polar surface area (TPSA) is 6.48 Å². The maximum Gasteiger partial charge on any atom is 0.0491 e. The molecule has 0 heterocycles. The average molecular weight is 685 g/mol. The second kappa shape index (κ2) is 16.5. The molecule has 0 aliphatic carbocycles. The van der Waals surface area contributed by atoms with Gasteiger partial charge < -0.3 is 9.80 Å². The van der Waals surface area contributed by atoms with Crippen molar-refractivity contribution in [2.75, 3.05) is 9.80 Å². The number of nitrogens with zero attached hydrogens (tertiary/aromatic N) is 2. The molecule has 0 saturated carbocycles. The fourth-order valence-electron chi connectivity index (χ4n) is 7.49. The van der Waals surface area contributed by atoms with Crippen LogP contribution in [0.1, 0.15) is 84.0 Å². The van der Waals surface area contributed by atoms with E-state index >= 15 is 0 Å². The highest BCUT2D eigenvalue weighted by atomic mass is 15.2. The molecule has 0 amide bonds. The first-order valence-electron chi connectivity index (χ1n) is 19.3. The van der Waals surface area contributed by atoms with Crippen LogP contribution in [0.2, 0.25) is 0 Å². The molecule has 6 aromatic rings. The molecule has 0 aliphatic heterocycles. The van der Waals surface area contributed by atoms with E-state index in [4.69, 9.17) is 0 Å². The predicted molar refractivity (Wildman–Crippen MR) is 227 cm³/mol. The van der Waals surface area contributed by atoms with Crippen molar-refractivity contribution in [1.82, 2.24) is 0 Å². The molecular formula is C50H56N2. The van der Waals surface area contributed by atoms with Crippen LogP contribution in [0.15, 0.2) is 121 Å². The number of anilines is 6. The molecule has 0 atom stereocenters. The van der Waals surface area contributed by atoms with Crippen LogP contribution in [0, 0.1) is 41.5 Å². The van der Waals surface area contributed by atoms with Crippen molar-refractivity contribution in [1.29, 1.82) is 0 Å². The van der Waals surface area contributed by atoms with E-state index in [1.165, 1.54) is 115 Å². The molecule has 6 aromatic carbocycles. The Hall–Kier alpha value is -5.08. The van der Waals surface area contributed by atoms with Gasteiger partial charge in [0, 0.05) is 34.1 Å². The molecule has 2 heteroatoms. The second-order valence-electron chi connectivity index (χ2n) is 14.8. The van der Waals surface area contributed by atoms with E-state index < -0.39 is 0 Å². The van der Waals surface area contributed by atoms with Gasteiger partial charge in [0.05, 0.1) is 0 Å². The Morgan fingerprint density at radius 2 is 0.692 bits per heavy atom. The lowest BCUT2D eigenvalue weighted by atomic mass is 9.97. The van der Waals surface area contributed by atoms with Crippen molar-refractivity contribution in [2.24, 2.45) is 0 Å². The Balaban J connectivity index is 1.37. The number of unbranched alkanes of at least 4 members (excludes halogenated alkanes) is 2. The number of aryl methyl sites for hydroxylation is 8. The second-order valence-corrected chi connectivity index (χ2v) is 14.8. The van der Waals surface area contributed by atoms with E-state index in [-0.39, 0.29) is 0 Å². The zero-order valence-electron chi connectivity index (χ0n) is 32.7. The molecule has 0 radical (unpaired) electrons. The summed E-state index contributed by atoms with van der Waals surface area (Å²) in [7, 11) is 0. The molecule has 0 N–H and O–H groups in total. The number of hydrogen-bond donors (Lipinski definition) is 0. The smallest absolute Gasteiger partial charge is 0.0491 e. The van der Waals surface area contributed by atoms with Crippen molar-refractivity contribution in [3.63, 3.8) is 0 Å². The first kappa shape index (κ1) is 36.7. The van der Waals surface area contributed by atoms with Gasteiger partial charge in [-0.1, -0.05) is 98.5 Å². The third kappa shape index (κ3) is 8.18. The van der Waals surface area contributed by atoms with Gasteiger partial charge >= 0.3 is 0 Å². The average Bonchev–Trinajstić information content (AvgIpc) is 3.14. The molecule has 0 saturated heterocycles. The molecular weight excluding hydrogens is 629 g/mol. The Morgan fingerprint density at radius 3 is 1.00 bits per heavy atom. The van der Waals surface area contributed by atoms with Crippen LogP contribution >= 0.6 is 0 Å². The van der Waals surface area contributed by atoms with Crippen molar-refractivity contribution in [2.45, 2.75) is 93.9 Å². The summed E-state index contributed by atoms with van der Waals surface area (Å²) in [5.41, 5.74) is 20.1. The number of benzene rings is 6. The molecule has 2 nitrogen and oxygen atoms in total. The van der Waals surface area contributed by atoms with Gasteiger partial charge in [0.1, 0.15) is 0 Å². The van der Waals surface area contributed by atoms with E-state index in [2.05, 4.69) is 187 Å². The van der Waals surface area contributed by atoms with Crippen molar-refractivity contribution in [3.05, 3.63) is 166 Å². The third-order valence-corrected chi connectivity index (χ3v) is 10.4. The first-order chi connectivity index (χ1) is 25.2. The lowest BCUT2D eigenvalue weighted by molar-refractivity contribution is 0.795. The SMILES string of the molecule is CCCCc1ccc(N(c2ccc(C)cc2C)c2ccc(-c3ccc(N(c4ccc(CCCC)cc4)c4ccc(C)cc4C)c(C)c3)cc2C)cc1. The first-order valence-corrected chi connectivity index (χ1v) is 19.3. The molecule has 0 spiro atoms. The summed E-state index contributed by atoms with van der Waals surface area (Å²) >= 11 is 0. The molecule has 0 aliphatic rings. The zero-order chi connectivity index (χ0) is 36.8. The van der Waals surface area contributed by atoms with Crippen molar-refractivity contribution in [3.8, 4) is 11.1 Å². The van der Waals surface area contributed by atoms with Gasteiger partial charge in [-0.2, -0.15) is 0 Å². The van der Waals surface area contributed by atoms with Gasteiger partial charge in [-0.15, -0.1) is 0 Å². The summed E-state index contributed by atoms with van der Waals surface area (Å²) < 4.78 is 0. The fraction of sp³-hybridized carbons (Fsp3) is 0.280. The largest absolute Gasteiger partial charge is 0.310 e. The molecule has 0 bridgehead atoms. The van der Waals surface area contributed by atoms with Gasteiger partial charge in [-0.25, -0.2) is 0 Å². The van der Waals surface area contributed by atoms with Gasteiger partial charge in [0.25, 0.3) is 0 Å². The van der Waals surface area contributed by atoms with Gasteiger partial charge in [-0.3, -0.25) is 0 Å². The summed E-state index contributed by atoms with van der Waals surface area (Å²) in [5.74, 6) is 0. The minimum Gasteiger partial charge on any atom is -0.310 e. The lowest BCUT2D eigenvalue weighted by Crippen LogP contribution is -2.13. The summed E-state index contributed by atoms with van der Waals surface area (Å²) in [5, 5.41) is 0. The maximum absolute atomic E-state index is 2.43. The van der Waals surface area contributed by atoms with Crippen LogP contribution in [0.25, 0.3) is 11.1 Å². The Kier molecular flexibility index (Phi) is 11.7. The number of hydrogen-bond acceptors (Lipinski definition) is 2. The highest BCUT2D eigenvalue weighted by molar-refractivity contribution is 5.84. The summed E-state index contributed by atoms with van der Waals surface area (Å²) in [6, 6.07) is 45.8. The van der Waals surface area contributed by atoms with Crippen LogP contribution in [0.5, 0.6) is 0 Å². The molecule has 52 heavy (non-hydrogen) atoms. The van der Waals surface area contributed by atoms with E-state index in [1.807, 2.05) is 0 Å².